The molecule has 0 unspecified atom stereocenters. The number of hydrogen-bond acceptors (Lipinski definition) is 5. The van der Waals surface area contributed by atoms with Crippen LogP contribution in [0.2, 0.25) is 0 Å². The van der Waals surface area contributed by atoms with Crippen molar-refractivity contribution in [3.05, 3.63) is 76.6 Å². The molecule has 0 bridgehead atoms. The van der Waals surface area contributed by atoms with Gasteiger partial charge in [0.2, 0.25) is 0 Å². The van der Waals surface area contributed by atoms with E-state index >= 15 is 0 Å². The summed E-state index contributed by atoms with van der Waals surface area (Å²) in [5, 5.41) is 4.91. The largest absolute Gasteiger partial charge is 0.319 e. The van der Waals surface area contributed by atoms with E-state index in [1.165, 1.54) is 11.3 Å². The SMILES string of the molecule is Cc1cc(-c2nc3ccccc3s2)c(C(=O)Nc2cccc3cccnc23)s1. The summed E-state index contributed by atoms with van der Waals surface area (Å²) in [7, 11) is 0. The van der Waals surface area contributed by atoms with Crippen molar-refractivity contribution < 1.29 is 4.79 Å². The number of carbonyl (C=O) groups is 1. The molecule has 3 aromatic heterocycles. The number of nitrogens with zero attached hydrogens (tertiary/aromatic N) is 2. The highest BCUT2D eigenvalue weighted by Gasteiger charge is 2.20. The Labute approximate surface area is 169 Å². The molecule has 0 radical (unpaired) electrons. The van der Waals surface area contributed by atoms with E-state index in [1.54, 1.807) is 17.5 Å². The van der Waals surface area contributed by atoms with Gasteiger partial charge in [0, 0.05) is 22.0 Å². The standard InChI is InChI=1S/C22H15N3OS2/c1-13-12-15(22-25-16-8-2-3-10-18(16)28-22)20(27-13)21(26)24-17-9-4-6-14-7-5-11-23-19(14)17/h2-12H,1H3,(H,24,26). The lowest BCUT2D eigenvalue weighted by Gasteiger charge is -2.08. The van der Waals surface area contributed by atoms with Gasteiger partial charge in [-0.1, -0.05) is 30.3 Å². The number of anilines is 1. The molecular weight excluding hydrogens is 386 g/mol. The van der Waals surface area contributed by atoms with Crippen LogP contribution in [0.5, 0.6) is 0 Å². The van der Waals surface area contributed by atoms with Crippen molar-refractivity contribution in [2.75, 3.05) is 5.32 Å². The number of para-hydroxylation sites is 2. The molecule has 0 saturated carbocycles. The van der Waals surface area contributed by atoms with Crippen LogP contribution in [-0.4, -0.2) is 15.9 Å². The molecule has 0 atom stereocenters. The molecule has 4 nitrogen and oxygen atoms in total. The summed E-state index contributed by atoms with van der Waals surface area (Å²) in [6, 6.07) is 19.7. The Morgan fingerprint density at radius 1 is 1.00 bits per heavy atom. The van der Waals surface area contributed by atoms with Crippen LogP contribution in [0.15, 0.2) is 66.9 Å². The van der Waals surface area contributed by atoms with Crippen molar-refractivity contribution >= 4 is 55.4 Å². The summed E-state index contributed by atoms with van der Waals surface area (Å²) in [6.45, 7) is 2.01. The average Bonchev–Trinajstić information content (AvgIpc) is 3.31. The molecule has 5 aromatic rings. The van der Waals surface area contributed by atoms with Gasteiger partial charge in [-0.3, -0.25) is 9.78 Å². The predicted molar refractivity (Wildman–Crippen MR) is 117 cm³/mol. The lowest BCUT2D eigenvalue weighted by Crippen LogP contribution is -2.11. The zero-order chi connectivity index (χ0) is 19.1. The van der Waals surface area contributed by atoms with E-state index in [4.69, 9.17) is 4.98 Å². The maximum absolute atomic E-state index is 13.1. The molecule has 1 N–H and O–H groups in total. The molecule has 1 amide bonds. The second-order valence-corrected chi connectivity index (χ2v) is 8.71. The molecule has 136 valence electrons. The number of amides is 1. The zero-order valence-electron chi connectivity index (χ0n) is 15.0. The molecule has 28 heavy (non-hydrogen) atoms. The molecule has 5 rings (SSSR count). The van der Waals surface area contributed by atoms with Gasteiger partial charge in [0.1, 0.15) is 9.88 Å². The summed E-state index contributed by atoms with van der Waals surface area (Å²) in [6.07, 6.45) is 1.74. The fraction of sp³-hybridized carbons (Fsp3) is 0.0455. The second-order valence-electron chi connectivity index (χ2n) is 6.42. The van der Waals surface area contributed by atoms with Crippen molar-refractivity contribution in [2.24, 2.45) is 0 Å². The number of thiazole rings is 1. The van der Waals surface area contributed by atoms with Gasteiger partial charge in [-0.05, 0) is 37.3 Å². The molecule has 0 aliphatic rings. The molecule has 0 spiro atoms. The van der Waals surface area contributed by atoms with Crippen molar-refractivity contribution in [1.82, 2.24) is 9.97 Å². The van der Waals surface area contributed by atoms with Gasteiger partial charge in [0.25, 0.3) is 5.91 Å². The first-order chi connectivity index (χ1) is 13.7. The Bertz CT molecular complexity index is 1300. The Kier molecular flexibility index (Phi) is 4.15. The number of pyridine rings is 1. The first-order valence-electron chi connectivity index (χ1n) is 8.80. The van der Waals surface area contributed by atoms with E-state index in [-0.39, 0.29) is 5.91 Å². The zero-order valence-corrected chi connectivity index (χ0v) is 16.6. The molecule has 6 heteroatoms. The normalized spacial score (nSPS) is 11.2. The predicted octanol–water partition coefficient (Wildman–Crippen LogP) is 6.13. The van der Waals surface area contributed by atoms with Crippen LogP contribution >= 0.6 is 22.7 Å². The van der Waals surface area contributed by atoms with E-state index in [0.29, 0.717) is 10.6 Å². The van der Waals surface area contributed by atoms with Crippen molar-refractivity contribution in [1.29, 1.82) is 0 Å². The molecule has 0 saturated heterocycles. The Balaban J connectivity index is 1.55. The minimum atomic E-state index is -0.134. The van der Waals surface area contributed by atoms with Crippen molar-refractivity contribution in [2.45, 2.75) is 6.92 Å². The third-order valence-electron chi connectivity index (χ3n) is 4.47. The van der Waals surface area contributed by atoms with E-state index in [2.05, 4.69) is 16.4 Å². The summed E-state index contributed by atoms with van der Waals surface area (Å²) in [5.74, 6) is -0.134. The number of benzene rings is 2. The van der Waals surface area contributed by atoms with Crippen LogP contribution in [0.4, 0.5) is 5.69 Å². The Morgan fingerprint density at radius 3 is 2.75 bits per heavy atom. The topological polar surface area (TPSA) is 54.9 Å². The first kappa shape index (κ1) is 17.0. The summed E-state index contributed by atoms with van der Waals surface area (Å²) < 4.78 is 1.12. The number of aryl methyl sites for hydroxylation is 1. The third kappa shape index (κ3) is 2.96. The fourth-order valence-corrected chi connectivity index (χ4v) is 5.17. The van der Waals surface area contributed by atoms with Gasteiger partial charge in [-0.2, -0.15) is 0 Å². The summed E-state index contributed by atoms with van der Waals surface area (Å²) >= 11 is 3.09. The van der Waals surface area contributed by atoms with Crippen LogP contribution in [-0.2, 0) is 0 Å². The molecular formula is C22H15N3OS2. The minimum Gasteiger partial charge on any atom is -0.319 e. The number of thiophene rings is 1. The second kappa shape index (κ2) is 6.82. The van der Waals surface area contributed by atoms with Crippen LogP contribution in [0.1, 0.15) is 14.5 Å². The van der Waals surface area contributed by atoms with Crippen LogP contribution < -0.4 is 5.32 Å². The number of hydrogen-bond donors (Lipinski definition) is 1. The minimum absolute atomic E-state index is 0.134. The van der Waals surface area contributed by atoms with Gasteiger partial charge < -0.3 is 5.32 Å². The van der Waals surface area contributed by atoms with Crippen molar-refractivity contribution in [3.8, 4) is 10.6 Å². The Hall–Kier alpha value is -3.09. The van der Waals surface area contributed by atoms with E-state index in [0.717, 1.165) is 36.6 Å². The lowest BCUT2D eigenvalue weighted by atomic mass is 10.2. The summed E-state index contributed by atoms with van der Waals surface area (Å²) in [5.41, 5.74) is 3.34. The van der Waals surface area contributed by atoms with Crippen LogP contribution in [0.25, 0.3) is 31.7 Å². The van der Waals surface area contributed by atoms with Gasteiger partial charge >= 0.3 is 0 Å². The number of nitrogens with one attached hydrogen (secondary N) is 1. The quantitative estimate of drug-likeness (QED) is 0.395. The maximum atomic E-state index is 13.1. The molecule has 0 aliphatic carbocycles. The smallest absolute Gasteiger partial charge is 0.266 e. The highest BCUT2D eigenvalue weighted by Crippen LogP contribution is 2.37. The number of rotatable bonds is 3. The first-order valence-corrected chi connectivity index (χ1v) is 10.4. The molecule has 0 aliphatic heterocycles. The monoisotopic (exact) mass is 401 g/mol. The van der Waals surface area contributed by atoms with Gasteiger partial charge in [-0.25, -0.2) is 4.98 Å². The van der Waals surface area contributed by atoms with E-state index < -0.39 is 0 Å². The maximum Gasteiger partial charge on any atom is 0.266 e. The Morgan fingerprint density at radius 2 is 1.86 bits per heavy atom. The third-order valence-corrected chi connectivity index (χ3v) is 6.59. The highest BCUT2D eigenvalue weighted by molar-refractivity contribution is 7.22. The van der Waals surface area contributed by atoms with E-state index in [9.17, 15) is 4.79 Å². The highest BCUT2D eigenvalue weighted by atomic mass is 32.1. The van der Waals surface area contributed by atoms with Gasteiger partial charge in [0.15, 0.2) is 0 Å². The van der Waals surface area contributed by atoms with Gasteiger partial charge in [-0.15, -0.1) is 22.7 Å². The molecule has 0 fully saturated rings. The number of carbonyl (C=O) groups excluding carboxylic acids is 1. The average molecular weight is 402 g/mol. The number of fused-ring (bicyclic) bond motifs is 2. The molecule has 2 aromatic carbocycles. The van der Waals surface area contributed by atoms with Crippen molar-refractivity contribution in [3.63, 3.8) is 0 Å². The fourth-order valence-electron chi connectivity index (χ4n) is 3.21. The van der Waals surface area contributed by atoms with E-state index in [1.807, 2.05) is 61.5 Å². The number of aromatic nitrogens is 2. The molecule has 3 heterocycles. The van der Waals surface area contributed by atoms with Gasteiger partial charge in [0.05, 0.1) is 21.4 Å². The summed E-state index contributed by atoms with van der Waals surface area (Å²) in [4.78, 5) is 24.0. The van der Waals surface area contributed by atoms with Crippen LogP contribution in [0, 0.1) is 6.92 Å². The van der Waals surface area contributed by atoms with Crippen LogP contribution in [0.3, 0.4) is 0 Å². The lowest BCUT2D eigenvalue weighted by molar-refractivity contribution is 0.103.